The van der Waals surface area contributed by atoms with Crippen LogP contribution in [0.1, 0.15) is 32.0 Å². The Bertz CT molecular complexity index is 481. The summed E-state index contributed by atoms with van der Waals surface area (Å²) in [5.41, 5.74) is -0.399. The molecule has 0 saturated heterocycles. The van der Waals surface area contributed by atoms with Gasteiger partial charge in [-0.05, 0) is 20.8 Å². The molecule has 0 saturated carbocycles. The van der Waals surface area contributed by atoms with Crippen LogP contribution in [0.3, 0.4) is 0 Å². The number of carbonyl (C=O) groups is 1. The maximum Gasteiger partial charge on any atom is 0.275 e. The Morgan fingerprint density at radius 1 is 1.56 bits per heavy atom. The van der Waals surface area contributed by atoms with Crippen molar-refractivity contribution >= 4 is 35.1 Å². The van der Waals surface area contributed by atoms with E-state index in [4.69, 9.17) is 11.6 Å². The van der Waals surface area contributed by atoms with Gasteiger partial charge in [-0.2, -0.15) is 16.9 Å². The van der Waals surface area contributed by atoms with Gasteiger partial charge in [0.2, 0.25) is 0 Å². The second-order valence-corrected chi connectivity index (χ2v) is 6.51. The number of nitrogens with zero attached hydrogens (tertiary/aromatic N) is 2. The molecule has 7 heteroatoms. The first-order valence-corrected chi connectivity index (χ1v) is 7.18. The van der Waals surface area contributed by atoms with Crippen molar-refractivity contribution in [1.82, 2.24) is 9.78 Å². The fraction of sp³-hybridized carbons (Fsp3) is 0.636. The van der Waals surface area contributed by atoms with Crippen LogP contribution in [0.15, 0.2) is 0 Å². The van der Waals surface area contributed by atoms with Crippen LogP contribution in [0.25, 0.3) is 0 Å². The van der Waals surface area contributed by atoms with Crippen LogP contribution in [0.2, 0.25) is 0 Å². The van der Waals surface area contributed by atoms with E-state index in [9.17, 15) is 9.18 Å². The Morgan fingerprint density at radius 2 is 2.22 bits per heavy atom. The highest BCUT2D eigenvalue weighted by atomic mass is 35.5. The molecule has 2 rings (SSSR count). The molecule has 4 nitrogen and oxygen atoms in total. The third-order valence-corrected chi connectivity index (χ3v) is 3.80. The van der Waals surface area contributed by atoms with Gasteiger partial charge in [-0.15, -0.1) is 0 Å². The standard InChI is InChI=1S/C11H15ClFN3OS/c1-11(2,3)16-9(14-10(17)8(12)13)6-4-18-5-7(6)15-16/h8H,4-5H2,1-3H3,(H,14,17). The van der Waals surface area contributed by atoms with Gasteiger partial charge in [0.25, 0.3) is 11.5 Å². The summed E-state index contributed by atoms with van der Waals surface area (Å²) in [4.78, 5) is 11.4. The highest BCUT2D eigenvalue weighted by Crippen LogP contribution is 2.37. The second-order valence-electron chi connectivity index (χ2n) is 5.14. The molecule has 1 unspecified atom stereocenters. The van der Waals surface area contributed by atoms with E-state index >= 15 is 0 Å². The highest BCUT2D eigenvalue weighted by molar-refractivity contribution is 7.98. The molecule has 0 radical (unpaired) electrons. The maximum atomic E-state index is 12.8. The number of fused-ring (bicyclic) bond motifs is 1. The van der Waals surface area contributed by atoms with Crippen LogP contribution in [0, 0.1) is 0 Å². The third kappa shape index (κ3) is 2.49. The minimum atomic E-state index is -2.04. The molecule has 1 N–H and O–H groups in total. The van der Waals surface area contributed by atoms with Crippen LogP contribution < -0.4 is 5.32 Å². The number of rotatable bonds is 2. The molecule has 1 aliphatic heterocycles. The average Bonchev–Trinajstić information content (AvgIpc) is 2.78. The van der Waals surface area contributed by atoms with Gasteiger partial charge in [-0.3, -0.25) is 4.79 Å². The molecule has 2 heterocycles. The van der Waals surface area contributed by atoms with Crippen molar-refractivity contribution in [3.05, 3.63) is 11.3 Å². The Kier molecular flexibility index (Phi) is 3.60. The van der Waals surface area contributed by atoms with Crippen LogP contribution in [-0.2, 0) is 21.8 Å². The number of anilines is 1. The van der Waals surface area contributed by atoms with Gasteiger partial charge in [0, 0.05) is 17.1 Å². The summed E-state index contributed by atoms with van der Waals surface area (Å²) in [6.07, 6.45) is 0. The Morgan fingerprint density at radius 3 is 2.78 bits per heavy atom. The predicted molar refractivity (Wildman–Crippen MR) is 71.6 cm³/mol. The van der Waals surface area contributed by atoms with Crippen molar-refractivity contribution in [1.29, 1.82) is 0 Å². The van der Waals surface area contributed by atoms with Crippen molar-refractivity contribution in [2.24, 2.45) is 0 Å². The summed E-state index contributed by atoms with van der Waals surface area (Å²) in [6.45, 7) is 5.93. The average molecular weight is 292 g/mol. The first-order chi connectivity index (χ1) is 8.30. The van der Waals surface area contributed by atoms with Crippen LogP contribution in [-0.4, -0.2) is 21.3 Å². The molecule has 18 heavy (non-hydrogen) atoms. The minimum Gasteiger partial charge on any atom is -0.307 e. The van der Waals surface area contributed by atoms with E-state index in [1.807, 2.05) is 20.8 Å². The lowest BCUT2D eigenvalue weighted by Gasteiger charge is -2.23. The normalized spacial score (nSPS) is 16.5. The van der Waals surface area contributed by atoms with E-state index in [1.54, 1.807) is 16.4 Å². The monoisotopic (exact) mass is 291 g/mol. The summed E-state index contributed by atoms with van der Waals surface area (Å²) in [6, 6.07) is 0. The fourth-order valence-electron chi connectivity index (χ4n) is 1.80. The smallest absolute Gasteiger partial charge is 0.275 e. The molecule has 1 amide bonds. The van der Waals surface area contributed by atoms with Gasteiger partial charge in [0.05, 0.1) is 11.2 Å². The van der Waals surface area contributed by atoms with Crippen LogP contribution in [0.5, 0.6) is 0 Å². The number of nitrogens with one attached hydrogen (secondary N) is 1. The molecule has 100 valence electrons. The fourth-order valence-corrected chi connectivity index (χ4v) is 2.89. The van der Waals surface area contributed by atoms with E-state index in [-0.39, 0.29) is 5.54 Å². The van der Waals surface area contributed by atoms with Gasteiger partial charge in [0.15, 0.2) is 0 Å². The van der Waals surface area contributed by atoms with Gasteiger partial charge < -0.3 is 5.32 Å². The van der Waals surface area contributed by atoms with Crippen molar-refractivity contribution in [2.45, 2.75) is 43.4 Å². The molecule has 1 aliphatic rings. The number of amides is 1. The van der Waals surface area contributed by atoms with Gasteiger partial charge in [0.1, 0.15) is 5.82 Å². The Labute approximate surface area is 114 Å². The van der Waals surface area contributed by atoms with E-state index < -0.39 is 11.5 Å². The topological polar surface area (TPSA) is 46.9 Å². The van der Waals surface area contributed by atoms with Gasteiger partial charge >= 0.3 is 0 Å². The number of carbonyl (C=O) groups excluding carboxylic acids is 1. The molecule has 1 atom stereocenters. The van der Waals surface area contributed by atoms with Crippen LogP contribution >= 0.6 is 23.4 Å². The largest absolute Gasteiger partial charge is 0.307 e. The lowest BCUT2D eigenvalue weighted by molar-refractivity contribution is -0.118. The quantitative estimate of drug-likeness (QED) is 0.852. The highest BCUT2D eigenvalue weighted by Gasteiger charge is 2.29. The number of halogens is 2. The maximum absolute atomic E-state index is 12.8. The van der Waals surface area contributed by atoms with Gasteiger partial charge in [-0.1, -0.05) is 11.6 Å². The molecular formula is C11H15ClFN3OS. The first-order valence-electron chi connectivity index (χ1n) is 5.58. The van der Waals surface area contributed by atoms with Gasteiger partial charge in [-0.25, -0.2) is 9.07 Å². The van der Waals surface area contributed by atoms with Crippen molar-refractivity contribution in [3.8, 4) is 0 Å². The lowest BCUT2D eigenvalue weighted by Crippen LogP contribution is -2.29. The minimum absolute atomic E-state index is 0.282. The van der Waals surface area contributed by atoms with Crippen LogP contribution in [0.4, 0.5) is 10.2 Å². The number of hydrogen-bond donors (Lipinski definition) is 1. The summed E-state index contributed by atoms with van der Waals surface area (Å²) in [5, 5.41) is 7.03. The predicted octanol–water partition coefficient (Wildman–Crippen LogP) is 2.86. The Hall–Kier alpha value is -0.750. The number of aromatic nitrogens is 2. The summed E-state index contributed by atoms with van der Waals surface area (Å²) in [7, 11) is 0. The van der Waals surface area contributed by atoms with Crippen molar-refractivity contribution < 1.29 is 9.18 Å². The van der Waals surface area contributed by atoms with E-state index in [1.165, 1.54) is 0 Å². The summed E-state index contributed by atoms with van der Waals surface area (Å²) >= 11 is 6.87. The molecule has 0 fully saturated rings. The summed E-state index contributed by atoms with van der Waals surface area (Å²) in [5.74, 6) is 1.32. The second kappa shape index (κ2) is 4.74. The number of alkyl halides is 2. The zero-order valence-electron chi connectivity index (χ0n) is 10.5. The van der Waals surface area contributed by atoms with E-state index in [0.29, 0.717) is 5.82 Å². The first kappa shape index (κ1) is 13.7. The molecule has 0 spiro atoms. The molecular weight excluding hydrogens is 277 g/mol. The van der Waals surface area contributed by atoms with Crippen molar-refractivity contribution in [3.63, 3.8) is 0 Å². The zero-order chi connectivity index (χ0) is 13.5. The number of hydrogen-bond acceptors (Lipinski definition) is 3. The SMILES string of the molecule is CC(C)(C)n1nc2c(c1NC(=O)C(F)Cl)CSC2. The zero-order valence-corrected chi connectivity index (χ0v) is 12.0. The Balaban J connectivity index is 2.40. The third-order valence-electron chi connectivity index (χ3n) is 2.63. The van der Waals surface area contributed by atoms with E-state index in [2.05, 4.69) is 10.4 Å². The molecule has 1 aromatic rings. The number of thioether (sulfide) groups is 1. The van der Waals surface area contributed by atoms with Crippen molar-refractivity contribution in [2.75, 3.05) is 5.32 Å². The molecule has 0 aliphatic carbocycles. The molecule has 0 aromatic carbocycles. The van der Waals surface area contributed by atoms with E-state index in [0.717, 1.165) is 22.8 Å². The molecule has 0 bridgehead atoms. The molecule has 1 aromatic heterocycles. The lowest BCUT2D eigenvalue weighted by atomic mass is 10.1. The summed E-state index contributed by atoms with van der Waals surface area (Å²) < 4.78 is 14.5.